The summed E-state index contributed by atoms with van der Waals surface area (Å²) in [5.74, 6) is -1.81. The maximum atomic E-state index is 12.5. The number of rotatable bonds is 18. The van der Waals surface area contributed by atoms with E-state index in [2.05, 4.69) is 47.6 Å². The third kappa shape index (κ3) is 11.1. The van der Waals surface area contributed by atoms with Crippen LogP contribution in [-0.2, 0) is 61.6 Å². The Morgan fingerprint density at radius 2 is 1.34 bits per heavy atom. The van der Waals surface area contributed by atoms with Gasteiger partial charge in [0.05, 0.1) is 56.4 Å². The molecule has 22 heteroatoms. The first kappa shape index (κ1) is 65.8. The Balaban J connectivity index is 0.923. The van der Waals surface area contributed by atoms with Crippen molar-refractivity contribution in [2.45, 2.75) is 248 Å². The van der Waals surface area contributed by atoms with E-state index in [1.54, 1.807) is 35.4 Å². The average Bonchev–Trinajstić information content (AvgIpc) is 0.752. The van der Waals surface area contributed by atoms with Crippen LogP contribution < -0.4 is 0 Å². The van der Waals surface area contributed by atoms with E-state index >= 15 is 0 Å². The summed E-state index contributed by atoms with van der Waals surface area (Å²) < 4.78 is 73.5. The van der Waals surface area contributed by atoms with Crippen LogP contribution in [0.1, 0.15) is 120 Å². The molecule has 3 saturated heterocycles. The Morgan fingerprint density at radius 1 is 0.675 bits per heavy atom. The molecule has 30 atom stereocenters. The highest BCUT2D eigenvalue weighted by Gasteiger charge is 2.71. The summed E-state index contributed by atoms with van der Waals surface area (Å²) in [7, 11) is 7.73. The first-order chi connectivity index (χ1) is 39.1. The summed E-state index contributed by atoms with van der Waals surface area (Å²) in [5, 5.41) is 102. The average molecular weight is 1190 g/mol. The van der Waals surface area contributed by atoms with Gasteiger partial charge in [-0.1, -0.05) is 67.0 Å². The maximum Gasteiger partial charge on any atom is 0.335 e. The van der Waals surface area contributed by atoms with Gasteiger partial charge in [0.1, 0.15) is 73.2 Å². The van der Waals surface area contributed by atoms with Crippen LogP contribution in [0.25, 0.3) is 0 Å². The zero-order valence-electron chi connectivity index (χ0n) is 51.2. The van der Waals surface area contributed by atoms with Crippen LogP contribution in [-0.4, -0.2) is 242 Å². The Labute approximate surface area is 490 Å². The van der Waals surface area contributed by atoms with E-state index in [1.807, 2.05) is 6.92 Å². The molecule has 6 aliphatic carbocycles. The first-order valence-corrected chi connectivity index (χ1v) is 30.5. The fourth-order valence-corrected chi connectivity index (χ4v) is 18.5. The molecule has 83 heavy (non-hydrogen) atoms. The third-order valence-corrected chi connectivity index (χ3v) is 23.6. The van der Waals surface area contributed by atoms with Gasteiger partial charge >= 0.3 is 5.97 Å². The molecule has 30 unspecified atom stereocenters. The minimum atomic E-state index is -1.88. The second kappa shape index (κ2) is 25.0. The molecule has 3 heterocycles. The summed E-state index contributed by atoms with van der Waals surface area (Å²) in [6.07, 6.45) is -13.5. The van der Waals surface area contributed by atoms with Gasteiger partial charge < -0.3 is 103 Å². The van der Waals surface area contributed by atoms with Gasteiger partial charge in [-0.05, 0) is 110 Å². The molecule has 3 aliphatic heterocycles. The third-order valence-electron chi connectivity index (χ3n) is 23.6. The fraction of sp³-hybridized carbons (Fsp3) is 0.951. The monoisotopic (exact) mass is 1190 g/mol. The zero-order valence-corrected chi connectivity index (χ0v) is 51.2. The number of fused-ring (bicyclic) bond motifs is 7. The second-order valence-electron chi connectivity index (χ2n) is 28.3. The van der Waals surface area contributed by atoms with E-state index in [0.717, 1.165) is 25.7 Å². The van der Waals surface area contributed by atoms with E-state index in [4.69, 9.17) is 56.8 Å². The van der Waals surface area contributed by atoms with Crippen molar-refractivity contribution in [2.75, 3.05) is 62.0 Å². The second-order valence-corrected chi connectivity index (χ2v) is 28.3. The lowest BCUT2D eigenvalue weighted by Crippen LogP contribution is -2.69. The predicted octanol–water partition coefficient (Wildman–Crippen LogP) is 2.51. The molecule has 0 bridgehead atoms. The van der Waals surface area contributed by atoms with E-state index in [9.17, 15) is 50.8 Å². The molecule has 5 saturated carbocycles. The van der Waals surface area contributed by atoms with Crippen LogP contribution in [0, 0.1) is 56.2 Å². The molecule has 0 spiro atoms. The lowest BCUT2D eigenvalue weighted by atomic mass is 9.33. The van der Waals surface area contributed by atoms with Crippen molar-refractivity contribution >= 4 is 5.97 Å². The summed E-state index contributed by atoms with van der Waals surface area (Å²) in [6.45, 7) is 17.3. The van der Waals surface area contributed by atoms with E-state index < -0.39 is 157 Å². The molecular formula is C61H102O22. The normalized spacial score (nSPS) is 52.5. The van der Waals surface area contributed by atoms with Crippen LogP contribution in [0.5, 0.6) is 0 Å². The van der Waals surface area contributed by atoms with Crippen LogP contribution in [0.4, 0.5) is 0 Å². The van der Waals surface area contributed by atoms with Gasteiger partial charge in [-0.2, -0.15) is 0 Å². The number of ether oxygens (including phenoxy) is 12. The number of hydrogen-bond acceptors (Lipinski definition) is 21. The van der Waals surface area contributed by atoms with Crippen molar-refractivity contribution in [3.05, 3.63) is 11.6 Å². The number of carboxylic acids is 1. The van der Waals surface area contributed by atoms with E-state index in [1.165, 1.54) is 12.7 Å². The number of aliphatic hydroxyl groups is 8. The first-order valence-electron chi connectivity index (χ1n) is 30.5. The number of carboxylic acid groups (broad SMARTS) is 1. The van der Waals surface area contributed by atoms with Gasteiger partial charge in [0.15, 0.2) is 18.7 Å². The lowest BCUT2D eigenvalue weighted by molar-refractivity contribution is -0.345. The van der Waals surface area contributed by atoms with Gasteiger partial charge in [-0.3, -0.25) is 0 Å². The number of allylic oxidation sites excluding steroid dienone is 2. The topological polar surface area (TPSA) is 310 Å². The molecule has 0 amide bonds. The Hall–Kier alpha value is -1.59. The lowest BCUT2D eigenvalue weighted by Gasteiger charge is -2.72. The highest BCUT2D eigenvalue weighted by Crippen LogP contribution is 2.76. The minimum absolute atomic E-state index is 0.00330. The molecule has 0 aromatic heterocycles. The largest absolute Gasteiger partial charge is 0.479 e. The molecule has 9 aliphatic rings. The minimum Gasteiger partial charge on any atom is -0.479 e. The smallest absolute Gasteiger partial charge is 0.335 e. The summed E-state index contributed by atoms with van der Waals surface area (Å²) in [5.41, 5.74) is -1.47. The number of hydrogen-bond donors (Lipinski definition) is 9. The van der Waals surface area contributed by atoms with Crippen molar-refractivity contribution in [2.24, 2.45) is 56.2 Å². The van der Waals surface area contributed by atoms with Gasteiger partial charge in [0, 0.05) is 53.0 Å². The van der Waals surface area contributed by atoms with E-state index in [0.29, 0.717) is 32.1 Å². The molecule has 0 aromatic carbocycles. The molecule has 22 nitrogen and oxygen atoms in total. The van der Waals surface area contributed by atoms with Crippen molar-refractivity contribution in [1.82, 2.24) is 0 Å². The van der Waals surface area contributed by atoms with Crippen LogP contribution in [0.15, 0.2) is 11.6 Å². The molecular weight excluding hydrogens is 1080 g/mol. The summed E-state index contributed by atoms with van der Waals surface area (Å²) in [6, 6.07) is 0. The van der Waals surface area contributed by atoms with Crippen molar-refractivity contribution in [1.29, 1.82) is 0 Å². The zero-order chi connectivity index (χ0) is 60.7. The number of carbonyl (C=O) groups is 1. The van der Waals surface area contributed by atoms with Crippen LogP contribution in [0.3, 0.4) is 0 Å². The van der Waals surface area contributed by atoms with Gasteiger partial charge in [-0.15, -0.1) is 0 Å². The Morgan fingerprint density at radius 3 is 1.98 bits per heavy atom. The van der Waals surface area contributed by atoms with Gasteiger partial charge in [0.25, 0.3) is 0 Å². The predicted molar refractivity (Wildman–Crippen MR) is 295 cm³/mol. The van der Waals surface area contributed by atoms with Crippen LogP contribution >= 0.6 is 0 Å². The Kier molecular flexibility index (Phi) is 19.8. The molecule has 9 N–H and O–H groups in total. The fourth-order valence-electron chi connectivity index (χ4n) is 18.5. The van der Waals surface area contributed by atoms with Crippen molar-refractivity contribution in [3.63, 3.8) is 0 Å². The van der Waals surface area contributed by atoms with Crippen molar-refractivity contribution < 1.29 is 108 Å². The van der Waals surface area contributed by atoms with Crippen molar-refractivity contribution in [3.8, 4) is 0 Å². The molecule has 9 rings (SSSR count). The number of aliphatic hydroxyl groups excluding tert-OH is 8. The SMILES string of the molecule is COCC1OC(CCOC2C(O)COC(OC3C(O)C(C)(C)CC4C5=CCC6C7(C)CCC(OC8OC(C(=O)O)C(O)C(O)C8OC8CC(C)C(O)C(O)C8OC)C(C)(CO)C7CCC6(C)C5(C)CCC43C)C2O)C(OC)C(OC)C1OC. The molecule has 0 radical (unpaired) electrons. The standard InChI is InChI=1S/C61H102O22/c1-29-24-34(45(73-10)40(65)39(29)64)80-49-42(67)41(66)48(53(70)71)82-55(49)81-38-17-19-58(5)36(59(38,6)28-62)16-20-61(8)37(58)15-14-30-31-25-56(2,3)51(69)52(57(31,4)21-22-60(30,61)7)83-54-43(68)44(32(63)26-78-54)77-23-18-33-46(74-11)50(76-13)47(75-12)35(79-33)27-72-9/h14,29,31-52,54-55,62-69H,15-28H2,1-13H3,(H,70,71). The molecule has 478 valence electrons. The van der Waals surface area contributed by atoms with E-state index in [-0.39, 0.29) is 66.8 Å². The van der Waals surface area contributed by atoms with Crippen LogP contribution in [0.2, 0.25) is 0 Å². The highest BCUT2D eigenvalue weighted by molar-refractivity contribution is 5.73. The van der Waals surface area contributed by atoms with Gasteiger partial charge in [-0.25, -0.2) is 4.79 Å². The number of methoxy groups -OCH3 is 5. The number of aliphatic carboxylic acids is 1. The molecule has 0 aromatic rings. The summed E-state index contributed by atoms with van der Waals surface area (Å²) in [4.78, 5) is 12.5. The highest BCUT2D eigenvalue weighted by atomic mass is 16.7. The van der Waals surface area contributed by atoms with Gasteiger partial charge in [0.2, 0.25) is 0 Å². The maximum absolute atomic E-state index is 12.5. The Bertz CT molecular complexity index is 2240. The quantitative estimate of drug-likeness (QED) is 0.0703. The molecule has 8 fully saturated rings. The summed E-state index contributed by atoms with van der Waals surface area (Å²) >= 11 is 0.